The monoisotopic (exact) mass is 461 g/mol. The summed E-state index contributed by atoms with van der Waals surface area (Å²) >= 11 is 0. The van der Waals surface area contributed by atoms with E-state index in [0.717, 1.165) is 11.1 Å². The van der Waals surface area contributed by atoms with Gasteiger partial charge in [0.05, 0.1) is 18.1 Å². The molecule has 0 aliphatic carbocycles. The van der Waals surface area contributed by atoms with Crippen LogP contribution in [-0.2, 0) is 19.6 Å². The van der Waals surface area contributed by atoms with Crippen LogP contribution in [0.25, 0.3) is 0 Å². The van der Waals surface area contributed by atoms with Gasteiger partial charge in [-0.05, 0) is 61.7 Å². The summed E-state index contributed by atoms with van der Waals surface area (Å²) in [5.41, 5.74) is 7.47. The molecule has 3 rings (SSSR count). The number of ether oxygens (including phenoxy) is 2. The molecule has 0 aromatic heterocycles. The lowest BCUT2D eigenvalue weighted by Crippen LogP contribution is -2.44. The van der Waals surface area contributed by atoms with Gasteiger partial charge in [0, 0.05) is 18.7 Å². The Morgan fingerprint density at radius 2 is 1.66 bits per heavy atom. The fraction of sp³-hybridized carbons (Fsp3) is 0.364. The van der Waals surface area contributed by atoms with Crippen LogP contribution in [0.5, 0.6) is 5.75 Å². The number of nitrogens with zero attached hydrogens (tertiary/aromatic N) is 1. The third-order valence-corrected chi connectivity index (χ3v) is 7.12. The Morgan fingerprint density at radius 3 is 2.34 bits per heavy atom. The van der Waals surface area contributed by atoms with Gasteiger partial charge in [0.25, 0.3) is 11.8 Å². The minimum absolute atomic E-state index is 0.0135. The number of morpholine rings is 1. The van der Waals surface area contributed by atoms with Crippen molar-refractivity contribution < 1.29 is 27.5 Å². The van der Waals surface area contributed by atoms with E-state index in [1.54, 1.807) is 19.1 Å². The van der Waals surface area contributed by atoms with Crippen LogP contribution < -0.4 is 15.6 Å². The van der Waals surface area contributed by atoms with Crippen LogP contribution in [0.15, 0.2) is 41.3 Å². The molecular formula is C22H27N3O6S. The van der Waals surface area contributed by atoms with Gasteiger partial charge < -0.3 is 9.47 Å². The highest BCUT2D eigenvalue weighted by Gasteiger charge is 2.27. The highest BCUT2D eigenvalue weighted by Crippen LogP contribution is 2.20. The SMILES string of the molecule is Cc1ccc(OCC(=O)NNC(=O)c2cc(S(=O)(=O)N3CCOCC3)ccc2C)cc1C. The zero-order chi connectivity index (χ0) is 23.3. The summed E-state index contributed by atoms with van der Waals surface area (Å²) in [4.78, 5) is 24.7. The summed E-state index contributed by atoms with van der Waals surface area (Å²) in [5.74, 6) is -0.626. The van der Waals surface area contributed by atoms with Gasteiger partial charge in [-0.3, -0.25) is 20.4 Å². The number of benzene rings is 2. The molecule has 1 saturated heterocycles. The molecule has 1 fully saturated rings. The first-order valence-electron chi connectivity index (χ1n) is 10.2. The second-order valence-corrected chi connectivity index (χ2v) is 9.47. The average Bonchev–Trinajstić information content (AvgIpc) is 2.79. The van der Waals surface area contributed by atoms with Crippen LogP contribution in [0.3, 0.4) is 0 Å². The Hall–Kier alpha value is -2.95. The molecule has 10 heteroatoms. The van der Waals surface area contributed by atoms with E-state index in [4.69, 9.17) is 9.47 Å². The number of carbonyl (C=O) groups is 2. The summed E-state index contributed by atoms with van der Waals surface area (Å²) in [7, 11) is -3.75. The Labute approximate surface area is 187 Å². The van der Waals surface area contributed by atoms with Gasteiger partial charge in [-0.25, -0.2) is 8.42 Å². The maximum atomic E-state index is 12.9. The van der Waals surface area contributed by atoms with Gasteiger partial charge in [-0.2, -0.15) is 4.31 Å². The largest absolute Gasteiger partial charge is 0.484 e. The number of hydrogen-bond donors (Lipinski definition) is 2. The second kappa shape index (κ2) is 10.1. The first kappa shape index (κ1) is 23.7. The van der Waals surface area contributed by atoms with E-state index in [1.807, 2.05) is 26.0 Å². The van der Waals surface area contributed by atoms with Gasteiger partial charge >= 0.3 is 0 Å². The third kappa shape index (κ3) is 5.64. The second-order valence-electron chi connectivity index (χ2n) is 7.53. The number of carbonyl (C=O) groups excluding carboxylic acids is 2. The summed E-state index contributed by atoms with van der Waals surface area (Å²) < 4.78 is 37.7. The van der Waals surface area contributed by atoms with Crippen LogP contribution in [0.2, 0.25) is 0 Å². The van der Waals surface area contributed by atoms with E-state index in [1.165, 1.54) is 16.4 Å². The zero-order valence-electron chi connectivity index (χ0n) is 18.3. The minimum Gasteiger partial charge on any atom is -0.484 e. The predicted octanol–water partition coefficient (Wildman–Crippen LogP) is 1.47. The van der Waals surface area contributed by atoms with Crippen molar-refractivity contribution in [1.29, 1.82) is 0 Å². The first-order valence-corrected chi connectivity index (χ1v) is 11.6. The molecule has 0 saturated carbocycles. The van der Waals surface area contributed by atoms with Crippen molar-refractivity contribution >= 4 is 21.8 Å². The Balaban J connectivity index is 1.61. The molecule has 2 N–H and O–H groups in total. The zero-order valence-corrected chi connectivity index (χ0v) is 19.1. The van der Waals surface area contributed by atoms with E-state index >= 15 is 0 Å². The van der Waals surface area contributed by atoms with Gasteiger partial charge in [-0.1, -0.05) is 12.1 Å². The molecule has 172 valence electrons. The van der Waals surface area contributed by atoms with Gasteiger partial charge in [0.15, 0.2) is 6.61 Å². The molecule has 2 aromatic rings. The highest BCUT2D eigenvalue weighted by molar-refractivity contribution is 7.89. The fourth-order valence-electron chi connectivity index (χ4n) is 3.12. The number of amides is 2. The van der Waals surface area contributed by atoms with E-state index in [-0.39, 0.29) is 30.2 Å². The van der Waals surface area contributed by atoms with Crippen molar-refractivity contribution in [3.8, 4) is 5.75 Å². The molecule has 0 unspecified atom stereocenters. The summed E-state index contributed by atoms with van der Waals surface area (Å²) in [5, 5.41) is 0. The number of sulfonamides is 1. The average molecular weight is 462 g/mol. The minimum atomic E-state index is -3.75. The van der Waals surface area contributed by atoms with Crippen LogP contribution in [0, 0.1) is 20.8 Å². The molecule has 32 heavy (non-hydrogen) atoms. The van der Waals surface area contributed by atoms with E-state index in [2.05, 4.69) is 10.9 Å². The molecule has 9 nitrogen and oxygen atoms in total. The van der Waals surface area contributed by atoms with Crippen molar-refractivity contribution in [2.75, 3.05) is 32.9 Å². The summed E-state index contributed by atoms with van der Waals surface area (Å²) in [6, 6.07) is 9.82. The highest BCUT2D eigenvalue weighted by atomic mass is 32.2. The van der Waals surface area contributed by atoms with E-state index in [9.17, 15) is 18.0 Å². The molecule has 2 aromatic carbocycles. The van der Waals surface area contributed by atoms with Crippen molar-refractivity contribution in [1.82, 2.24) is 15.2 Å². The first-order chi connectivity index (χ1) is 15.2. The smallest absolute Gasteiger partial charge is 0.276 e. The Morgan fingerprint density at radius 1 is 0.969 bits per heavy atom. The number of hydrogen-bond acceptors (Lipinski definition) is 6. The number of rotatable bonds is 6. The van der Waals surface area contributed by atoms with Gasteiger partial charge in [-0.15, -0.1) is 0 Å². The lowest BCUT2D eigenvalue weighted by atomic mass is 10.1. The topological polar surface area (TPSA) is 114 Å². The van der Waals surface area contributed by atoms with Crippen molar-refractivity contribution in [3.05, 3.63) is 58.7 Å². The van der Waals surface area contributed by atoms with Crippen molar-refractivity contribution in [3.63, 3.8) is 0 Å². The molecule has 0 spiro atoms. The molecule has 1 aliphatic rings. The van der Waals surface area contributed by atoms with Gasteiger partial charge in [0.1, 0.15) is 5.75 Å². The molecule has 0 bridgehead atoms. The lowest BCUT2D eigenvalue weighted by Gasteiger charge is -2.26. The van der Waals surface area contributed by atoms with Gasteiger partial charge in [0.2, 0.25) is 10.0 Å². The molecule has 1 heterocycles. The maximum absolute atomic E-state index is 12.9. The maximum Gasteiger partial charge on any atom is 0.276 e. The quantitative estimate of drug-likeness (QED) is 0.630. The van der Waals surface area contributed by atoms with Crippen LogP contribution in [0.4, 0.5) is 0 Å². The van der Waals surface area contributed by atoms with E-state index < -0.39 is 21.8 Å². The van der Waals surface area contributed by atoms with Crippen LogP contribution in [-0.4, -0.2) is 57.4 Å². The predicted molar refractivity (Wildman–Crippen MR) is 118 cm³/mol. The van der Waals surface area contributed by atoms with Crippen LogP contribution in [0.1, 0.15) is 27.0 Å². The molecule has 1 aliphatic heterocycles. The molecular weight excluding hydrogens is 434 g/mol. The Bertz CT molecular complexity index is 1110. The normalized spacial score (nSPS) is 14.6. The molecule has 2 amide bonds. The van der Waals surface area contributed by atoms with E-state index in [0.29, 0.717) is 24.5 Å². The molecule has 0 radical (unpaired) electrons. The van der Waals surface area contributed by atoms with Crippen LogP contribution >= 0.6 is 0 Å². The third-order valence-electron chi connectivity index (χ3n) is 5.23. The number of nitrogens with one attached hydrogen (secondary N) is 2. The number of aryl methyl sites for hydroxylation is 3. The molecule has 0 atom stereocenters. The Kier molecular flexibility index (Phi) is 7.49. The summed E-state index contributed by atoms with van der Waals surface area (Å²) in [6.45, 7) is 6.49. The fourth-order valence-corrected chi connectivity index (χ4v) is 4.56. The number of hydrazine groups is 1. The summed E-state index contributed by atoms with van der Waals surface area (Å²) in [6.07, 6.45) is 0. The van der Waals surface area contributed by atoms with Crippen molar-refractivity contribution in [2.24, 2.45) is 0 Å². The lowest BCUT2D eigenvalue weighted by molar-refractivity contribution is -0.123. The van der Waals surface area contributed by atoms with Crippen molar-refractivity contribution in [2.45, 2.75) is 25.7 Å². The standard InChI is InChI=1S/C22H27N3O6S/c1-15-4-6-18(12-17(15)3)31-14-21(26)23-24-22(27)20-13-19(7-5-16(20)2)32(28,29)25-8-10-30-11-9-25/h4-7,12-13H,8-11,14H2,1-3H3,(H,23,26)(H,24,27).